The van der Waals surface area contributed by atoms with Crippen LogP contribution in [-0.4, -0.2) is 16.0 Å². The lowest BCUT2D eigenvalue weighted by atomic mass is 10.2. The molecule has 0 fully saturated rings. The van der Waals surface area contributed by atoms with Gasteiger partial charge in [-0.25, -0.2) is 9.37 Å². The van der Waals surface area contributed by atoms with Crippen LogP contribution in [0.4, 0.5) is 9.52 Å². The second-order valence-electron chi connectivity index (χ2n) is 3.41. The summed E-state index contributed by atoms with van der Waals surface area (Å²) in [6, 6.07) is 3.20. The number of thiazole rings is 1. The number of phenolic OH excluding ortho intramolecular Hbond substituents is 1. The fourth-order valence-corrected chi connectivity index (χ4v) is 1.95. The third-order valence-electron chi connectivity index (χ3n) is 2.04. The van der Waals surface area contributed by atoms with E-state index in [2.05, 4.69) is 10.3 Å². The smallest absolute Gasteiger partial charge is 0.261 e. The van der Waals surface area contributed by atoms with Crippen molar-refractivity contribution in [1.29, 1.82) is 0 Å². The van der Waals surface area contributed by atoms with Crippen molar-refractivity contribution in [3.63, 3.8) is 0 Å². The topological polar surface area (TPSA) is 62.2 Å². The molecule has 0 atom stereocenters. The second kappa shape index (κ2) is 4.50. The molecule has 0 radical (unpaired) electrons. The number of phenols is 1. The number of halogens is 1. The van der Waals surface area contributed by atoms with E-state index >= 15 is 0 Å². The van der Waals surface area contributed by atoms with Gasteiger partial charge in [-0.2, -0.15) is 0 Å². The normalized spacial score (nSPS) is 10.2. The minimum absolute atomic E-state index is 0.113. The second-order valence-corrected chi connectivity index (χ2v) is 4.27. The van der Waals surface area contributed by atoms with E-state index in [4.69, 9.17) is 0 Å². The molecule has 0 aliphatic heterocycles. The molecule has 0 saturated carbocycles. The Morgan fingerprint density at radius 3 is 2.94 bits per heavy atom. The quantitative estimate of drug-likeness (QED) is 0.863. The molecule has 0 spiro atoms. The largest absolute Gasteiger partial charge is 0.507 e. The summed E-state index contributed by atoms with van der Waals surface area (Å²) in [4.78, 5) is 15.8. The summed E-state index contributed by atoms with van der Waals surface area (Å²) in [6.45, 7) is 1.80. The van der Waals surface area contributed by atoms with E-state index in [-0.39, 0.29) is 11.3 Å². The first-order valence-corrected chi connectivity index (χ1v) is 5.66. The van der Waals surface area contributed by atoms with Gasteiger partial charge in [0.2, 0.25) is 0 Å². The van der Waals surface area contributed by atoms with Gasteiger partial charge in [0, 0.05) is 5.38 Å². The standard InChI is InChI=1S/C11H9FN2O2S/c1-6-5-17-11(13-6)14-10(16)8-4-7(12)2-3-9(8)15/h2-5,15H,1H3,(H,13,14,16). The average Bonchev–Trinajstić information content (AvgIpc) is 2.67. The predicted molar refractivity (Wildman–Crippen MR) is 62.9 cm³/mol. The lowest BCUT2D eigenvalue weighted by Crippen LogP contribution is -2.12. The fraction of sp³-hybridized carbons (Fsp3) is 0.0909. The molecule has 1 aromatic carbocycles. The van der Waals surface area contributed by atoms with Crippen molar-refractivity contribution in [2.45, 2.75) is 6.92 Å². The van der Waals surface area contributed by atoms with E-state index in [0.717, 1.165) is 23.9 Å². The van der Waals surface area contributed by atoms with E-state index in [9.17, 15) is 14.3 Å². The molecule has 1 amide bonds. The van der Waals surface area contributed by atoms with Crippen LogP contribution < -0.4 is 5.32 Å². The third kappa shape index (κ3) is 2.59. The van der Waals surface area contributed by atoms with Gasteiger partial charge < -0.3 is 5.11 Å². The van der Waals surface area contributed by atoms with Crippen molar-refractivity contribution in [2.24, 2.45) is 0 Å². The van der Waals surface area contributed by atoms with Crippen LogP contribution in [0.2, 0.25) is 0 Å². The summed E-state index contributed by atoms with van der Waals surface area (Å²) >= 11 is 1.26. The highest BCUT2D eigenvalue weighted by atomic mass is 32.1. The molecule has 6 heteroatoms. The van der Waals surface area contributed by atoms with Crippen molar-refractivity contribution in [1.82, 2.24) is 4.98 Å². The van der Waals surface area contributed by atoms with Gasteiger partial charge in [0.05, 0.1) is 11.3 Å². The van der Waals surface area contributed by atoms with Crippen LogP contribution in [0.3, 0.4) is 0 Å². The van der Waals surface area contributed by atoms with Crippen LogP contribution >= 0.6 is 11.3 Å². The first-order valence-electron chi connectivity index (χ1n) is 4.78. The Bertz CT molecular complexity index is 568. The summed E-state index contributed by atoms with van der Waals surface area (Å²) in [5, 5.41) is 14.1. The summed E-state index contributed by atoms with van der Waals surface area (Å²) in [5.41, 5.74) is 0.673. The molecule has 1 heterocycles. The maximum Gasteiger partial charge on any atom is 0.261 e. The molecule has 0 saturated heterocycles. The highest BCUT2D eigenvalue weighted by Crippen LogP contribution is 2.21. The molecule has 1 aromatic heterocycles. The maximum atomic E-state index is 12.9. The van der Waals surface area contributed by atoms with Gasteiger partial charge in [0.1, 0.15) is 11.6 Å². The molecule has 0 bridgehead atoms. The van der Waals surface area contributed by atoms with E-state index in [1.54, 1.807) is 12.3 Å². The average molecular weight is 252 g/mol. The lowest BCUT2D eigenvalue weighted by molar-refractivity contribution is 0.102. The molecule has 0 aliphatic carbocycles. The molecule has 2 rings (SSSR count). The predicted octanol–water partition coefficient (Wildman–Crippen LogP) is 2.55. The Hall–Kier alpha value is -1.95. The van der Waals surface area contributed by atoms with Crippen LogP contribution in [0.1, 0.15) is 16.1 Å². The number of aromatic nitrogens is 1. The zero-order valence-corrected chi connectivity index (χ0v) is 9.71. The van der Waals surface area contributed by atoms with E-state index < -0.39 is 11.7 Å². The number of aromatic hydroxyl groups is 1. The number of hydrogen-bond donors (Lipinski definition) is 2. The van der Waals surface area contributed by atoms with Crippen LogP contribution in [0.5, 0.6) is 5.75 Å². The van der Waals surface area contributed by atoms with Gasteiger partial charge in [-0.1, -0.05) is 0 Å². The van der Waals surface area contributed by atoms with Crippen LogP contribution in [-0.2, 0) is 0 Å². The number of nitrogens with zero attached hydrogens (tertiary/aromatic N) is 1. The molecular weight excluding hydrogens is 243 g/mol. The Morgan fingerprint density at radius 1 is 1.53 bits per heavy atom. The summed E-state index contributed by atoms with van der Waals surface area (Å²) in [6.07, 6.45) is 0. The van der Waals surface area contributed by atoms with Gasteiger partial charge in [0.15, 0.2) is 5.13 Å². The summed E-state index contributed by atoms with van der Waals surface area (Å²) in [5.74, 6) is -1.43. The molecular formula is C11H9FN2O2S. The van der Waals surface area contributed by atoms with E-state index in [1.807, 2.05) is 0 Å². The number of nitrogens with one attached hydrogen (secondary N) is 1. The van der Waals surface area contributed by atoms with E-state index in [0.29, 0.717) is 5.13 Å². The van der Waals surface area contributed by atoms with E-state index in [1.165, 1.54) is 11.3 Å². The lowest BCUT2D eigenvalue weighted by Gasteiger charge is -2.04. The zero-order valence-electron chi connectivity index (χ0n) is 8.90. The fourth-order valence-electron chi connectivity index (χ4n) is 1.27. The molecule has 2 aromatic rings. The van der Waals surface area contributed by atoms with Gasteiger partial charge >= 0.3 is 0 Å². The van der Waals surface area contributed by atoms with Gasteiger partial charge in [-0.3, -0.25) is 10.1 Å². The number of aryl methyl sites for hydroxylation is 1. The van der Waals surface area contributed by atoms with Crippen molar-refractivity contribution >= 4 is 22.4 Å². The van der Waals surface area contributed by atoms with Gasteiger partial charge in [-0.05, 0) is 25.1 Å². The minimum Gasteiger partial charge on any atom is -0.507 e. The number of anilines is 1. The maximum absolute atomic E-state index is 12.9. The number of rotatable bonds is 2. The Labute approximate surface area is 101 Å². The number of carbonyl (C=O) groups excluding carboxylic acids is 1. The Morgan fingerprint density at radius 2 is 2.29 bits per heavy atom. The van der Waals surface area contributed by atoms with Crippen molar-refractivity contribution in [2.75, 3.05) is 5.32 Å². The summed E-state index contributed by atoms with van der Waals surface area (Å²) in [7, 11) is 0. The highest BCUT2D eigenvalue weighted by molar-refractivity contribution is 7.13. The van der Waals surface area contributed by atoms with Crippen molar-refractivity contribution in [3.8, 4) is 5.75 Å². The van der Waals surface area contributed by atoms with Crippen LogP contribution in [0.25, 0.3) is 0 Å². The number of benzene rings is 1. The van der Waals surface area contributed by atoms with Crippen molar-refractivity contribution in [3.05, 3.63) is 40.7 Å². The number of carbonyl (C=O) groups is 1. The molecule has 4 nitrogen and oxygen atoms in total. The van der Waals surface area contributed by atoms with Crippen LogP contribution in [0.15, 0.2) is 23.6 Å². The number of amides is 1. The third-order valence-corrected chi connectivity index (χ3v) is 2.92. The first kappa shape index (κ1) is 11.5. The van der Waals surface area contributed by atoms with Gasteiger partial charge in [0.25, 0.3) is 5.91 Å². The monoisotopic (exact) mass is 252 g/mol. The first-order chi connectivity index (χ1) is 8.06. The number of hydrogen-bond acceptors (Lipinski definition) is 4. The minimum atomic E-state index is -0.587. The molecule has 0 aliphatic rings. The SMILES string of the molecule is Cc1csc(NC(=O)c2cc(F)ccc2O)n1. The van der Waals surface area contributed by atoms with Crippen LogP contribution in [0, 0.1) is 12.7 Å². The molecule has 88 valence electrons. The Kier molecular flexibility index (Phi) is 3.06. The van der Waals surface area contributed by atoms with Crippen molar-refractivity contribution < 1.29 is 14.3 Å². The molecule has 2 N–H and O–H groups in total. The van der Waals surface area contributed by atoms with Gasteiger partial charge in [-0.15, -0.1) is 11.3 Å². The summed E-state index contributed by atoms with van der Waals surface area (Å²) < 4.78 is 12.9. The molecule has 0 unspecified atom stereocenters. The zero-order chi connectivity index (χ0) is 12.4. The molecule has 17 heavy (non-hydrogen) atoms. The Balaban J connectivity index is 2.22. The highest BCUT2D eigenvalue weighted by Gasteiger charge is 2.13.